The van der Waals surface area contributed by atoms with Crippen LogP contribution in [0.5, 0.6) is 0 Å². The molecule has 0 amide bonds. The van der Waals surface area contributed by atoms with Crippen molar-refractivity contribution in [2.75, 3.05) is 4.72 Å². The molecule has 3 rings (SSSR count). The smallest absolute Gasteiger partial charge is 0.299 e. The van der Waals surface area contributed by atoms with Crippen LogP contribution in [0.4, 0.5) is 5.69 Å². The monoisotopic (exact) mass is 368 g/mol. The summed E-state index contributed by atoms with van der Waals surface area (Å²) in [6, 6.07) is 11.1. The minimum Gasteiger partial charge on any atom is -0.299 e. The number of nitrogens with zero attached hydrogens (tertiary/aromatic N) is 1. The Morgan fingerprint density at radius 1 is 1.17 bits per heavy atom. The topological polar surface area (TPSA) is 68.2 Å². The lowest BCUT2D eigenvalue weighted by atomic mass is 10.3. The molecule has 0 aliphatic heterocycles. The molecule has 5 nitrogen and oxygen atoms in total. The molecular formula is C15H13ClN2O3S2. The zero-order chi connectivity index (χ0) is 16.6. The van der Waals surface area contributed by atoms with Crippen molar-refractivity contribution in [3.05, 3.63) is 57.2 Å². The van der Waals surface area contributed by atoms with Crippen molar-refractivity contribution >= 4 is 48.9 Å². The molecule has 0 fully saturated rings. The summed E-state index contributed by atoms with van der Waals surface area (Å²) in [5.41, 5.74) is 1.17. The zero-order valence-electron chi connectivity index (χ0n) is 12.1. The van der Waals surface area contributed by atoms with Crippen LogP contribution in [0.15, 0.2) is 52.2 Å². The number of halogens is 1. The van der Waals surface area contributed by atoms with Crippen LogP contribution in [-0.4, -0.2) is 13.0 Å². The minimum atomic E-state index is -3.73. The van der Waals surface area contributed by atoms with E-state index in [1.807, 2.05) is 6.92 Å². The van der Waals surface area contributed by atoms with Gasteiger partial charge in [-0.05, 0) is 49.4 Å². The Balaban J connectivity index is 2.01. The normalized spacial score (nSPS) is 11.7. The number of nitrogens with one attached hydrogen (secondary N) is 1. The summed E-state index contributed by atoms with van der Waals surface area (Å²) in [5, 5.41) is 0.528. The van der Waals surface area contributed by atoms with Gasteiger partial charge in [0.1, 0.15) is 0 Å². The highest BCUT2D eigenvalue weighted by molar-refractivity contribution is 7.92. The SMILES string of the molecule is CCn1c(=O)sc2cc(S(=O)(=O)Nc3ccc(Cl)cc3)ccc21. The van der Waals surface area contributed by atoms with Crippen molar-refractivity contribution < 1.29 is 8.42 Å². The Hall–Kier alpha value is -1.83. The van der Waals surface area contributed by atoms with E-state index < -0.39 is 10.0 Å². The van der Waals surface area contributed by atoms with Gasteiger partial charge >= 0.3 is 4.87 Å². The molecule has 3 aromatic rings. The maximum absolute atomic E-state index is 12.5. The number of sulfonamides is 1. The van der Waals surface area contributed by atoms with Gasteiger partial charge in [-0.15, -0.1) is 0 Å². The Morgan fingerprint density at radius 2 is 1.87 bits per heavy atom. The molecule has 0 saturated carbocycles. The lowest BCUT2D eigenvalue weighted by Gasteiger charge is -2.08. The van der Waals surface area contributed by atoms with E-state index in [2.05, 4.69) is 4.72 Å². The van der Waals surface area contributed by atoms with Crippen LogP contribution in [0.1, 0.15) is 6.92 Å². The van der Waals surface area contributed by atoms with E-state index in [9.17, 15) is 13.2 Å². The first-order chi connectivity index (χ1) is 10.9. The highest BCUT2D eigenvalue weighted by atomic mass is 35.5. The third-order valence-electron chi connectivity index (χ3n) is 3.36. The number of thiazole rings is 1. The molecule has 1 heterocycles. The molecule has 0 atom stereocenters. The van der Waals surface area contributed by atoms with Gasteiger partial charge in [0.2, 0.25) is 0 Å². The quantitative estimate of drug-likeness (QED) is 0.765. The number of benzene rings is 2. The van der Waals surface area contributed by atoms with Crippen molar-refractivity contribution in [1.29, 1.82) is 0 Å². The summed E-state index contributed by atoms with van der Waals surface area (Å²) >= 11 is 6.83. The molecule has 23 heavy (non-hydrogen) atoms. The summed E-state index contributed by atoms with van der Waals surface area (Å²) in [5.74, 6) is 0. The third-order valence-corrected chi connectivity index (χ3v) is 5.94. The molecule has 8 heteroatoms. The lowest BCUT2D eigenvalue weighted by Crippen LogP contribution is -2.13. The summed E-state index contributed by atoms with van der Waals surface area (Å²) in [6.45, 7) is 2.42. The van der Waals surface area contributed by atoms with Crippen LogP contribution >= 0.6 is 22.9 Å². The number of rotatable bonds is 4. The summed E-state index contributed by atoms with van der Waals surface area (Å²) in [4.78, 5) is 11.9. The molecule has 1 N–H and O–H groups in total. The number of fused-ring (bicyclic) bond motifs is 1. The van der Waals surface area contributed by atoms with Crippen LogP contribution < -0.4 is 9.60 Å². The number of aryl methyl sites for hydroxylation is 1. The van der Waals surface area contributed by atoms with Gasteiger partial charge in [0.05, 0.1) is 15.1 Å². The molecule has 120 valence electrons. The molecule has 0 aliphatic carbocycles. The second-order valence-electron chi connectivity index (χ2n) is 4.85. The highest BCUT2D eigenvalue weighted by Gasteiger charge is 2.16. The maximum atomic E-state index is 12.5. The van der Waals surface area contributed by atoms with E-state index in [1.54, 1.807) is 34.9 Å². The average molecular weight is 369 g/mol. The standard InChI is InChI=1S/C15H13ClN2O3S2/c1-2-18-13-8-7-12(9-14(13)22-15(18)19)23(20,21)17-11-5-3-10(16)4-6-11/h3-9,17H,2H2,1H3. The third kappa shape index (κ3) is 3.12. The van der Waals surface area contributed by atoms with Gasteiger partial charge in [-0.2, -0.15) is 0 Å². The fourth-order valence-corrected chi connectivity index (χ4v) is 4.52. The number of aromatic nitrogens is 1. The Bertz CT molecular complexity index is 1020. The minimum absolute atomic E-state index is 0.0947. The number of hydrogen-bond acceptors (Lipinski definition) is 4. The molecular weight excluding hydrogens is 356 g/mol. The summed E-state index contributed by atoms with van der Waals surface area (Å²) in [6.07, 6.45) is 0. The summed E-state index contributed by atoms with van der Waals surface area (Å²) < 4.78 is 29.7. The van der Waals surface area contributed by atoms with Gasteiger partial charge in [-0.3, -0.25) is 14.1 Å². The molecule has 0 aliphatic rings. The van der Waals surface area contributed by atoms with Crippen molar-refractivity contribution in [3.8, 4) is 0 Å². The number of hydrogen-bond donors (Lipinski definition) is 1. The summed E-state index contributed by atoms with van der Waals surface area (Å²) in [7, 11) is -3.73. The van der Waals surface area contributed by atoms with Gasteiger partial charge in [-0.1, -0.05) is 22.9 Å². The van der Waals surface area contributed by atoms with Gasteiger partial charge in [0.15, 0.2) is 0 Å². The van der Waals surface area contributed by atoms with Crippen molar-refractivity contribution in [3.63, 3.8) is 0 Å². The molecule has 0 unspecified atom stereocenters. The fraction of sp³-hybridized carbons (Fsp3) is 0.133. The van der Waals surface area contributed by atoms with Crippen molar-refractivity contribution in [2.24, 2.45) is 0 Å². The van der Waals surface area contributed by atoms with Crippen molar-refractivity contribution in [1.82, 2.24) is 4.57 Å². The van der Waals surface area contributed by atoms with E-state index in [4.69, 9.17) is 11.6 Å². The Kier molecular flexibility index (Phi) is 4.18. The predicted molar refractivity (Wildman–Crippen MR) is 94.0 cm³/mol. The average Bonchev–Trinajstić information content (AvgIpc) is 2.83. The first-order valence-electron chi connectivity index (χ1n) is 6.82. The van der Waals surface area contributed by atoms with Crippen LogP contribution in [0.3, 0.4) is 0 Å². The van der Waals surface area contributed by atoms with Gasteiger partial charge in [0, 0.05) is 17.3 Å². The molecule has 0 bridgehead atoms. The van der Waals surface area contributed by atoms with E-state index in [-0.39, 0.29) is 9.77 Å². The van der Waals surface area contributed by atoms with E-state index >= 15 is 0 Å². The second-order valence-corrected chi connectivity index (χ2v) is 7.97. The zero-order valence-corrected chi connectivity index (χ0v) is 14.5. The van der Waals surface area contributed by atoms with E-state index in [1.165, 1.54) is 12.1 Å². The molecule has 0 radical (unpaired) electrons. The second kappa shape index (κ2) is 5.99. The Morgan fingerprint density at radius 3 is 2.52 bits per heavy atom. The molecule has 0 saturated heterocycles. The first-order valence-corrected chi connectivity index (χ1v) is 9.50. The molecule has 1 aromatic heterocycles. The van der Waals surface area contributed by atoms with E-state index in [0.29, 0.717) is 22.0 Å². The van der Waals surface area contributed by atoms with Crippen LogP contribution in [0, 0.1) is 0 Å². The van der Waals surface area contributed by atoms with Gasteiger partial charge in [0.25, 0.3) is 10.0 Å². The lowest BCUT2D eigenvalue weighted by molar-refractivity contribution is 0.601. The van der Waals surface area contributed by atoms with E-state index in [0.717, 1.165) is 16.9 Å². The molecule has 0 spiro atoms. The van der Waals surface area contributed by atoms with Crippen molar-refractivity contribution in [2.45, 2.75) is 18.4 Å². The predicted octanol–water partition coefficient (Wildman–Crippen LogP) is 3.54. The fourth-order valence-electron chi connectivity index (χ4n) is 2.25. The van der Waals surface area contributed by atoms with Gasteiger partial charge in [-0.25, -0.2) is 8.42 Å². The van der Waals surface area contributed by atoms with Gasteiger partial charge < -0.3 is 0 Å². The highest BCUT2D eigenvalue weighted by Crippen LogP contribution is 2.24. The molecule has 2 aromatic carbocycles. The van der Waals surface area contributed by atoms with Crippen LogP contribution in [0.25, 0.3) is 10.2 Å². The number of anilines is 1. The van der Waals surface area contributed by atoms with Crippen LogP contribution in [0.2, 0.25) is 5.02 Å². The van der Waals surface area contributed by atoms with Crippen LogP contribution in [-0.2, 0) is 16.6 Å². The Labute approximate surface area is 142 Å². The first kappa shape index (κ1) is 16.0. The largest absolute Gasteiger partial charge is 0.308 e. The maximum Gasteiger partial charge on any atom is 0.308 e.